The summed E-state index contributed by atoms with van der Waals surface area (Å²) in [5.74, 6) is 1.14. The second-order valence-electron chi connectivity index (χ2n) is 7.50. The van der Waals surface area contributed by atoms with Crippen molar-refractivity contribution in [3.8, 4) is 11.4 Å². The SMILES string of the molecule is Cc1ccc2ncc(-c3ccnc(Nc4ccc(N5CCN(C=O)CC5)cn4)n3)n2c1. The maximum atomic E-state index is 10.9. The largest absolute Gasteiger partial charge is 0.367 e. The Morgan fingerprint density at radius 2 is 1.84 bits per heavy atom. The van der Waals surface area contributed by atoms with Crippen LogP contribution in [0.25, 0.3) is 17.0 Å². The topological polar surface area (TPSA) is 91.5 Å². The van der Waals surface area contributed by atoms with Crippen molar-refractivity contribution in [1.29, 1.82) is 0 Å². The van der Waals surface area contributed by atoms with Gasteiger partial charge in [0.25, 0.3) is 0 Å². The summed E-state index contributed by atoms with van der Waals surface area (Å²) in [6, 6.07) is 9.82. The Hall–Kier alpha value is -4.01. The van der Waals surface area contributed by atoms with Crippen LogP contribution in [-0.2, 0) is 4.79 Å². The summed E-state index contributed by atoms with van der Waals surface area (Å²) in [5.41, 5.74) is 4.74. The minimum absolute atomic E-state index is 0.472. The van der Waals surface area contributed by atoms with Crippen LogP contribution in [-0.4, -0.2) is 61.8 Å². The number of hydrogen-bond acceptors (Lipinski definition) is 7. The fraction of sp³-hybridized carbons (Fsp3) is 0.227. The van der Waals surface area contributed by atoms with Gasteiger partial charge in [0, 0.05) is 38.6 Å². The Labute approximate surface area is 179 Å². The number of aryl methyl sites for hydroxylation is 1. The molecule has 9 heteroatoms. The van der Waals surface area contributed by atoms with E-state index in [1.807, 2.05) is 60.2 Å². The summed E-state index contributed by atoms with van der Waals surface area (Å²) in [7, 11) is 0. The molecule has 1 N–H and O–H groups in total. The van der Waals surface area contributed by atoms with Gasteiger partial charge in [0.2, 0.25) is 12.4 Å². The van der Waals surface area contributed by atoms with Crippen LogP contribution in [0, 0.1) is 6.92 Å². The molecule has 0 radical (unpaired) electrons. The predicted molar refractivity (Wildman–Crippen MR) is 118 cm³/mol. The molecule has 0 aromatic carbocycles. The van der Waals surface area contributed by atoms with Gasteiger partial charge >= 0.3 is 0 Å². The molecule has 1 saturated heterocycles. The average Bonchev–Trinajstić information content (AvgIpc) is 3.23. The Morgan fingerprint density at radius 3 is 2.61 bits per heavy atom. The number of imidazole rings is 1. The van der Waals surface area contributed by atoms with Crippen molar-refractivity contribution in [2.45, 2.75) is 6.92 Å². The lowest BCUT2D eigenvalue weighted by Crippen LogP contribution is -2.45. The lowest BCUT2D eigenvalue weighted by Gasteiger charge is -2.33. The third kappa shape index (κ3) is 3.89. The number of aromatic nitrogens is 5. The number of anilines is 3. The molecule has 5 heterocycles. The van der Waals surface area contributed by atoms with E-state index in [0.29, 0.717) is 11.8 Å². The zero-order chi connectivity index (χ0) is 21.2. The molecule has 4 aromatic rings. The summed E-state index contributed by atoms with van der Waals surface area (Å²) in [6.07, 6.45) is 8.32. The molecule has 5 rings (SSSR count). The minimum atomic E-state index is 0.472. The van der Waals surface area contributed by atoms with Gasteiger partial charge in [-0.25, -0.2) is 19.9 Å². The second-order valence-corrected chi connectivity index (χ2v) is 7.50. The Morgan fingerprint density at radius 1 is 0.968 bits per heavy atom. The lowest BCUT2D eigenvalue weighted by atomic mass is 10.3. The van der Waals surface area contributed by atoms with Gasteiger partial charge < -0.3 is 15.1 Å². The molecule has 156 valence electrons. The van der Waals surface area contributed by atoms with Gasteiger partial charge in [-0.15, -0.1) is 0 Å². The van der Waals surface area contributed by atoms with Crippen LogP contribution in [0.5, 0.6) is 0 Å². The zero-order valence-corrected chi connectivity index (χ0v) is 17.1. The monoisotopic (exact) mass is 414 g/mol. The first-order valence-electron chi connectivity index (χ1n) is 10.1. The molecule has 9 nitrogen and oxygen atoms in total. The molecule has 0 unspecified atom stereocenters. The summed E-state index contributed by atoms with van der Waals surface area (Å²) >= 11 is 0. The van der Waals surface area contributed by atoms with Gasteiger partial charge in [0.1, 0.15) is 11.5 Å². The Balaban J connectivity index is 1.33. The van der Waals surface area contributed by atoms with Gasteiger partial charge in [-0.1, -0.05) is 6.07 Å². The van der Waals surface area contributed by atoms with E-state index in [9.17, 15) is 4.79 Å². The molecule has 1 amide bonds. The predicted octanol–water partition coefficient (Wildman–Crippen LogP) is 2.52. The first-order chi connectivity index (χ1) is 15.2. The molecule has 0 spiro atoms. The highest BCUT2D eigenvalue weighted by Crippen LogP contribution is 2.22. The number of nitrogens with one attached hydrogen (secondary N) is 1. The van der Waals surface area contributed by atoms with Crippen molar-refractivity contribution < 1.29 is 4.79 Å². The number of carbonyl (C=O) groups excluding carboxylic acids is 1. The van der Waals surface area contributed by atoms with Crippen molar-refractivity contribution in [3.05, 3.63) is 60.7 Å². The van der Waals surface area contributed by atoms with Crippen molar-refractivity contribution >= 4 is 29.5 Å². The number of hydrogen-bond donors (Lipinski definition) is 1. The van der Waals surface area contributed by atoms with E-state index in [4.69, 9.17) is 0 Å². The number of fused-ring (bicyclic) bond motifs is 1. The highest BCUT2D eigenvalue weighted by Gasteiger charge is 2.16. The standard InChI is InChI=1S/C22H22N8O/c1-16-2-5-21-25-13-19(30(21)14-16)18-6-7-23-22(26-18)27-20-4-3-17(12-24-20)29-10-8-28(15-31)9-11-29/h2-7,12-15H,8-11H2,1H3,(H,23,24,26,27). The van der Waals surface area contributed by atoms with Gasteiger partial charge in [-0.05, 0) is 36.8 Å². The molecule has 0 atom stereocenters. The molecule has 1 fully saturated rings. The Bertz CT molecular complexity index is 1210. The van der Waals surface area contributed by atoms with E-state index in [0.717, 1.165) is 60.9 Å². The summed E-state index contributed by atoms with van der Waals surface area (Å²) < 4.78 is 2.03. The zero-order valence-electron chi connectivity index (χ0n) is 17.1. The van der Waals surface area contributed by atoms with Gasteiger partial charge in [0.05, 0.1) is 29.5 Å². The van der Waals surface area contributed by atoms with Gasteiger partial charge in [-0.2, -0.15) is 0 Å². The lowest BCUT2D eigenvalue weighted by molar-refractivity contribution is -0.118. The van der Waals surface area contributed by atoms with Crippen molar-refractivity contribution in [2.75, 3.05) is 36.4 Å². The highest BCUT2D eigenvalue weighted by molar-refractivity contribution is 5.62. The smallest absolute Gasteiger partial charge is 0.228 e. The van der Waals surface area contributed by atoms with E-state index in [1.165, 1.54) is 0 Å². The van der Waals surface area contributed by atoms with E-state index in [-0.39, 0.29) is 0 Å². The first-order valence-corrected chi connectivity index (χ1v) is 10.1. The normalized spacial score (nSPS) is 14.1. The van der Waals surface area contributed by atoms with Crippen molar-refractivity contribution in [3.63, 3.8) is 0 Å². The van der Waals surface area contributed by atoms with Crippen LogP contribution in [0.2, 0.25) is 0 Å². The van der Waals surface area contributed by atoms with Crippen LogP contribution in [0.1, 0.15) is 5.56 Å². The molecule has 1 aliphatic heterocycles. The number of rotatable bonds is 5. The number of amides is 1. The first kappa shape index (κ1) is 19.0. The van der Waals surface area contributed by atoms with Crippen LogP contribution < -0.4 is 10.2 Å². The Kier molecular flexibility index (Phi) is 4.91. The van der Waals surface area contributed by atoms with Crippen LogP contribution in [0.3, 0.4) is 0 Å². The molecular formula is C22H22N8O. The van der Waals surface area contributed by atoms with E-state index >= 15 is 0 Å². The molecule has 31 heavy (non-hydrogen) atoms. The van der Waals surface area contributed by atoms with E-state index in [2.05, 4.69) is 30.2 Å². The third-order valence-electron chi connectivity index (χ3n) is 5.39. The van der Waals surface area contributed by atoms with E-state index in [1.54, 1.807) is 11.1 Å². The number of carbonyl (C=O) groups is 1. The average molecular weight is 414 g/mol. The second kappa shape index (κ2) is 8.02. The number of pyridine rings is 2. The van der Waals surface area contributed by atoms with Crippen LogP contribution >= 0.6 is 0 Å². The fourth-order valence-electron chi connectivity index (χ4n) is 3.69. The third-order valence-corrected chi connectivity index (χ3v) is 5.39. The van der Waals surface area contributed by atoms with Crippen LogP contribution in [0.15, 0.2) is 55.1 Å². The molecule has 0 saturated carbocycles. The van der Waals surface area contributed by atoms with Gasteiger partial charge in [-0.3, -0.25) is 9.20 Å². The molecule has 0 aliphatic carbocycles. The van der Waals surface area contributed by atoms with Crippen LogP contribution in [0.4, 0.5) is 17.5 Å². The summed E-state index contributed by atoms with van der Waals surface area (Å²) in [5, 5.41) is 3.18. The molecule has 4 aromatic heterocycles. The van der Waals surface area contributed by atoms with Crippen molar-refractivity contribution in [2.24, 2.45) is 0 Å². The molecular weight excluding hydrogens is 392 g/mol. The fourth-order valence-corrected chi connectivity index (χ4v) is 3.69. The highest BCUT2D eigenvalue weighted by atomic mass is 16.1. The number of piperazine rings is 1. The van der Waals surface area contributed by atoms with Crippen molar-refractivity contribution in [1.82, 2.24) is 29.2 Å². The maximum Gasteiger partial charge on any atom is 0.228 e. The summed E-state index contributed by atoms with van der Waals surface area (Å²) in [4.78, 5) is 32.8. The quantitative estimate of drug-likeness (QED) is 0.502. The van der Waals surface area contributed by atoms with E-state index < -0.39 is 0 Å². The minimum Gasteiger partial charge on any atom is -0.367 e. The maximum absolute atomic E-state index is 10.9. The molecule has 1 aliphatic rings. The van der Waals surface area contributed by atoms with Gasteiger partial charge in [0.15, 0.2) is 0 Å². The number of nitrogens with zero attached hydrogens (tertiary/aromatic N) is 7. The molecule has 0 bridgehead atoms. The summed E-state index contributed by atoms with van der Waals surface area (Å²) in [6.45, 7) is 5.11.